The minimum absolute atomic E-state index is 0.242. The molecule has 22 heavy (non-hydrogen) atoms. The van der Waals surface area contributed by atoms with Gasteiger partial charge in [0, 0.05) is 12.7 Å². The molecule has 0 saturated carbocycles. The summed E-state index contributed by atoms with van der Waals surface area (Å²) in [6.07, 6.45) is 4.02. The number of amides is 1. The molecule has 1 N–H and O–H groups in total. The standard InChI is InChI=1S/C15H16N6O/c1-9-13(19-20-21(9)2)15(22)18-14-11(8-16)7-10-5-3-4-6-12(10)17-14/h7H,3-6H2,1-2H3,(H,17,18,22). The van der Waals surface area contributed by atoms with Crippen molar-refractivity contribution in [2.24, 2.45) is 7.05 Å². The van der Waals surface area contributed by atoms with Crippen LogP contribution in [0.15, 0.2) is 6.07 Å². The number of fused-ring (bicyclic) bond motifs is 1. The number of aryl methyl sites for hydroxylation is 3. The van der Waals surface area contributed by atoms with E-state index < -0.39 is 5.91 Å². The smallest absolute Gasteiger partial charge is 0.279 e. The average Bonchev–Trinajstić information content (AvgIpc) is 2.86. The van der Waals surface area contributed by atoms with E-state index in [9.17, 15) is 10.1 Å². The summed E-state index contributed by atoms with van der Waals surface area (Å²) >= 11 is 0. The Morgan fingerprint density at radius 3 is 2.86 bits per heavy atom. The molecule has 0 spiro atoms. The van der Waals surface area contributed by atoms with Crippen molar-refractivity contribution >= 4 is 11.7 Å². The molecule has 0 aromatic carbocycles. The van der Waals surface area contributed by atoms with Gasteiger partial charge in [-0.2, -0.15) is 5.26 Å². The highest BCUT2D eigenvalue weighted by Crippen LogP contribution is 2.24. The summed E-state index contributed by atoms with van der Waals surface area (Å²) < 4.78 is 1.53. The van der Waals surface area contributed by atoms with Crippen molar-refractivity contribution in [2.75, 3.05) is 5.32 Å². The quantitative estimate of drug-likeness (QED) is 0.906. The van der Waals surface area contributed by atoms with Crippen molar-refractivity contribution < 1.29 is 4.79 Å². The number of anilines is 1. The minimum Gasteiger partial charge on any atom is -0.304 e. The van der Waals surface area contributed by atoms with Crippen LogP contribution in [0, 0.1) is 18.3 Å². The number of aromatic nitrogens is 4. The van der Waals surface area contributed by atoms with Gasteiger partial charge in [0.15, 0.2) is 11.5 Å². The zero-order chi connectivity index (χ0) is 15.7. The fraction of sp³-hybridized carbons (Fsp3) is 0.400. The number of carbonyl (C=O) groups is 1. The van der Waals surface area contributed by atoms with E-state index in [2.05, 4.69) is 26.7 Å². The molecule has 0 radical (unpaired) electrons. The number of hydrogen-bond acceptors (Lipinski definition) is 5. The molecule has 2 heterocycles. The lowest BCUT2D eigenvalue weighted by molar-refractivity contribution is 0.102. The first kappa shape index (κ1) is 14.2. The highest BCUT2D eigenvalue weighted by Gasteiger charge is 2.20. The first-order valence-corrected chi connectivity index (χ1v) is 7.20. The molecule has 1 aliphatic rings. The molecule has 2 aromatic heterocycles. The van der Waals surface area contributed by atoms with Crippen LogP contribution in [0.25, 0.3) is 0 Å². The molecule has 7 nitrogen and oxygen atoms in total. The lowest BCUT2D eigenvalue weighted by atomic mass is 9.95. The molecule has 0 saturated heterocycles. The second-order valence-electron chi connectivity index (χ2n) is 5.41. The van der Waals surface area contributed by atoms with E-state index in [1.807, 2.05) is 6.07 Å². The maximum atomic E-state index is 12.3. The number of pyridine rings is 1. The van der Waals surface area contributed by atoms with Gasteiger partial charge < -0.3 is 5.32 Å². The van der Waals surface area contributed by atoms with Gasteiger partial charge in [-0.05, 0) is 44.2 Å². The molecule has 7 heteroatoms. The predicted molar refractivity (Wildman–Crippen MR) is 79.3 cm³/mol. The van der Waals surface area contributed by atoms with Crippen molar-refractivity contribution in [1.29, 1.82) is 5.26 Å². The predicted octanol–water partition coefficient (Wildman–Crippen LogP) is 1.52. The first-order valence-electron chi connectivity index (χ1n) is 7.20. The van der Waals surface area contributed by atoms with E-state index in [-0.39, 0.29) is 5.69 Å². The molecule has 0 atom stereocenters. The van der Waals surface area contributed by atoms with Crippen molar-refractivity contribution in [3.63, 3.8) is 0 Å². The van der Waals surface area contributed by atoms with Crippen LogP contribution in [0.2, 0.25) is 0 Å². The number of rotatable bonds is 2. The van der Waals surface area contributed by atoms with Crippen LogP contribution in [0.3, 0.4) is 0 Å². The second kappa shape index (κ2) is 5.56. The van der Waals surface area contributed by atoms with Crippen molar-refractivity contribution in [1.82, 2.24) is 20.0 Å². The third-order valence-electron chi connectivity index (χ3n) is 3.98. The van der Waals surface area contributed by atoms with Gasteiger partial charge in [-0.3, -0.25) is 9.48 Å². The fourth-order valence-electron chi connectivity index (χ4n) is 2.60. The molecule has 1 amide bonds. The lowest BCUT2D eigenvalue weighted by Gasteiger charge is -2.16. The van der Waals surface area contributed by atoms with Gasteiger partial charge >= 0.3 is 0 Å². The Labute approximate surface area is 128 Å². The summed E-state index contributed by atoms with van der Waals surface area (Å²) in [4.78, 5) is 16.8. The molecule has 2 aromatic rings. The Morgan fingerprint density at radius 1 is 1.41 bits per heavy atom. The lowest BCUT2D eigenvalue weighted by Crippen LogP contribution is -2.18. The SMILES string of the molecule is Cc1c(C(=O)Nc2nc3c(cc2C#N)CCCC3)nnn1C. The first-order chi connectivity index (χ1) is 10.6. The maximum Gasteiger partial charge on any atom is 0.279 e. The molecule has 0 aliphatic heterocycles. The summed E-state index contributed by atoms with van der Waals surface area (Å²) in [6, 6.07) is 3.94. The van der Waals surface area contributed by atoms with E-state index in [0.29, 0.717) is 17.1 Å². The summed E-state index contributed by atoms with van der Waals surface area (Å²) in [5.41, 5.74) is 3.36. The number of carbonyl (C=O) groups excluding carboxylic acids is 1. The van der Waals surface area contributed by atoms with Crippen LogP contribution in [0.1, 0.15) is 45.8 Å². The second-order valence-corrected chi connectivity index (χ2v) is 5.41. The van der Waals surface area contributed by atoms with Crippen LogP contribution in [-0.2, 0) is 19.9 Å². The highest BCUT2D eigenvalue weighted by atomic mass is 16.2. The molecule has 3 rings (SSSR count). The van der Waals surface area contributed by atoms with E-state index in [0.717, 1.165) is 36.9 Å². The normalized spacial score (nSPS) is 13.3. The summed E-state index contributed by atoms with van der Waals surface area (Å²) in [6.45, 7) is 1.76. The number of hydrogen-bond donors (Lipinski definition) is 1. The topological polar surface area (TPSA) is 96.5 Å². The van der Waals surface area contributed by atoms with Crippen molar-refractivity contribution in [3.8, 4) is 6.07 Å². The Hall–Kier alpha value is -2.75. The summed E-state index contributed by atoms with van der Waals surface area (Å²) in [5, 5.41) is 19.6. The molecule has 1 aliphatic carbocycles. The van der Waals surface area contributed by atoms with Crippen LogP contribution < -0.4 is 5.32 Å². The monoisotopic (exact) mass is 296 g/mol. The van der Waals surface area contributed by atoms with E-state index in [1.165, 1.54) is 4.68 Å². The van der Waals surface area contributed by atoms with Crippen molar-refractivity contribution in [2.45, 2.75) is 32.6 Å². The third-order valence-corrected chi connectivity index (χ3v) is 3.98. The fourth-order valence-corrected chi connectivity index (χ4v) is 2.60. The molecule has 0 bridgehead atoms. The van der Waals surface area contributed by atoms with Crippen LogP contribution in [-0.4, -0.2) is 25.9 Å². The highest BCUT2D eigenvalue weighted by molar-refractivity contribution is 6.03. The molecule has 0 unspecified atom stereocenters. The zero-order valence-corrected chi connectivity index (χ0v) is 12.6. The molecule has 0 fully saturated rings. The minimum atomic E-state index is -0.398. The number of nitrogens with one attached hydrogen (secondary N) is 1. The third kappa shape index (κ3) is 2.44. The Morgan fingerprint density at radius 2 is 2.18 bits per heavy atom. The van der Waals surface area contributed by atoms with Crippen molar-refractivity contribution in [3.05, 3.63) is 34.3 Å². The molecular weight excluding hydrogens is 280 g/mol. The van der Waals surface area contributed by atoms with Gasteiger partial charge in [-0.1, -0.05) is 5.21 Å². The van der Waals surface area contributed by atoms with Crippen LogP contribution >= 0.6 is 0 Å². The number of nitrogens with zero attached hydrogens (tertiary/aromatic N) is 5. The van der Waals surface area contributed by atoms with Gasteiger partial charge in [0.2, 0.25) is 0 Å². The van der Waals surface area contributed by atoms with Crippen LogP contribution in [0.5, 0.6) is 0 Å². The number of nitriles is 1. The van der Waals surface area contributed by atoms with E-state index in [4.69, 9.17) is 0 Å². The van der Waals surface area contributed by atoms with Crippen LogP contribution in [0.4, 0.5) is 5.82 Å². The van der Waals surface area contributed by atoms with Gasteiger partial charge in [-0.25, -0.2) is 4.98 Å². The van der Waals surface area contributed by atoms with Gasteiger partial charge in [0.1, 0.15) is 6.07 Å². The zero-order valence-electron chi connectivity index (χ0n) is 12.6. The largest absolute Gasteiger partial charge is 0.304 e. The Kier molecular flexibility index (Phi) is 3.59. The van der Waals surface area contributed by atoms with Gasteiger partial charge in [0.25, 0.3) is 5.91 Å². The Balaban J connectivity index is 1.93. The Bertz CT molecular complexity index is 786. The molecule has 112 valence electrons. The van der Waals surface area contributed by atoms with Gasteiger partial charge in [0.05, 0.1) is 11.3 Å². The van der Waals surface area contributed by atoms with E-state index >= 15 is 0 Å². The molecular formula is C15H16N6O. The summed E-state index contributed by atoms with van der Waals surface area (Å²) in [5.74, 6) is -0.0939. The summed E-state index contributed by atoms with van der Waals surface area (Å²) in [7, 11) is 1.72. The average molecular weight is 296 g/mol. The maximum absolute atomic E-state index is 12.3. The van der Waals surface area contributed by atoms with Gasteiger partial charge in [-0.15, -0.1) is 5.10 Å². The van der Waals surface area contributed by atoms with E-state index in [1.54, 1.807) is 14.0 Å².